The van der Waals surface area contributed by atoms with Gasteiger partial charge in [0.25, 0.3) is 0 Å². The van der Waals surface area contributed by atoms with Crippen LogP contribution in [-0.4, -0.2) is 30.8 Å². The maximum atomic E-state index is 11.5. The summed E-state index contributed by atoms with van der Waals surface area (Å²) in [6, 6.07) is 1.52. The van der Waals surface area contributed by atoms with Crippen molar-refractivity contribution in [3.05, 3.63) is 18.0 Å². The Morgan fingerprint density at radius 2 is 2.12 bits per heavy atom. The first-order chi connectivity index (χ1) is 8.08. The minimum Gasteiger partial charge on any atom is -0.491 e. The van der Waals surface area contributed by atoms with Gasteiger partial charge in [-0.05, 0) is 20.8 Å². The molecular weight excluding hydrogens is 222 g/mol. The van der Waals surface area contributed by atoms with E-state index in [-0.39, 0.29) is 11.8 Å². The molecule has 0 aliphatic carbocycles. The number of esters is 1. The SMILES string of the molecule is CCOC(=O)c1cc(OC(C)C)c(OC)cn1. The smallest absolute Gasteiger partial charge is 0.357 e. The van der Waals surface area contributed by atoms with Gasteiger partial charge in [-0.2, -0.15) is 0 Å². The van der Waals surface area contributed by atoms with Crippen LogP contribution in [0.25, 0.3) is 0 Å². The lowest BCUT2D eigenvalue weighted by Crippen LogP contribution is -2.11. The third kappa shape index (κ3) is 3.62. The standard InChI is InChI=1S/C12H17NO4/c1-5-16-12(14)9-6-10(17-8(2)3)11(15-4)7-13-9/h6-8H,5H2,1-4H3. The van der Waals surface area contributed by atoms with Crippen LogP contribution >= 0.6 is 0 Å². The van der Waals surface area contributed by atoms with Crippen LogP contribution in [0.3, 0.4) is 0 Å². The molecule has 0 radical (unpaired) electrons. The Kier molecular flexibility index (Phi) is 4.75. The minimum absolute atomic E-state index is 0.0126. The van der Waals surface area contributed by atoms with E-state index in [0.717, 1.165) is 0 Å². The van der Waals surface area contributed by atoms with E-state index < -0.39 is 5.97 Å². The molecule has 0 atom stereocenters. The number of pyridine rings is 1. The number of carbonyl (C=O) groups excluding carboxylic acids is 1. The molecule has 0 aromatic carbocycles. The van der Waals surface area contributed by atoms with Crippen molar-refractivity contribution in [1.29, 1.82) is 0 Å². The first-order valence-corrected chi connectivity index (χ1v) is 5.46. The van der Waals surface area contributed by atoms with Gasteiger partial charge in [0.15, 0.2) is 17.2 Å². The Labute approximate surface area is 101 Å². The number of nitrogens with zero attached hydrogens (tertiary/aromatic N) is 1. The molecule has 0 fully saturated rings. The van der Waals surface area contributed by atoms with Gasteiger partial charge >= 0.3 is 5.97 Å². The number of hydrogen-bond donors (Lipinski definition) is 0. The lowest BCUT2D eigenvalue weighted by molar-refractivity contribution is 0.0518. The fraction of sp³-hybridized carbons (Fsp3) is 0.500. The zero-order valence-electron chi connectivity index (χ0n) is 10.5. The van der Waals surface area contributed by atoms with Crippen LogP contribution < -0.4 is 9.47 Å². The summed E-state index contributed by atoms with van der Waals surface area (Å²) in [7, 11) is 1.52. The molecule has 0 spiro atoms. The number of methoxy groups -OCH3 is 1. The second-order valence-corrected chi connectivity index (χ2v) is 3.61. The van der Waals surface area contributed by atoms with E-state index >= 15 is 0 Å². The predicted octanol–water partition coefficient (Wildman–Crippen LogP) is 2.05. The Bertz CT molecular complexity index is 390. The summed E-state index contributed by atoms with van der Waals surface area (Å²) in [6.45, 7) is 5.84. The van der Waals surface area contributed by atoms with E-state index in [0.29, 0.717) is 18.1 Å². The van der Waals surface area contributed by atoms with Gasteiger partial charge in [-0.25, -0.2) is 9.78 Å². The zero-order valence-corrected chi connectivity index (χ0v) is 10.5. The van der Waals surface area contributed by atoms with Crippen LogP contribution in [0.5, 0.6) is 11.5 Å². The molecule has 5 heteroatoms. The van der Waals surface area contributed by atoms with Crippen LogP contribution in [0.1, 0.15) is 31.3 Å². The van der Waals surface area contributed by atoms with Crippen molar-refractivity contribution in [1.82, 2.24) is 4.98 Å². The van der Waals surface area contributed by atoms with Crippen LogP contribution in [0.4, 0.5) is 0 Å². The van der Waals surface area contributed by atoms with Crippen molar-refractivity contribution in [3.63, 3.8) is 0 Å². The van der Waals surface area contributed by atoms with Gasteiger partial charge in [-0.3, -0.25) is 0 Å². The average molecular weight is 239 g/mol. The van der Waals surface area contributed by atoms with Crippen molar-refractivity contribution in [2.24, 2.45) is 0 Å². The molecule has 0 amide bonds. The van der Waals surface area contributed by atoms with Crippen molar-refractivity contribution in [2.75, 3.05) is 13.7 Å². The first kappa shape index (κ1) is 13.3. The normalized spacial score (nSPS) is 10.2. The number of rotatable bonds is 5. The molecule has 0 saturated carbocycles. The molecule has 0 bridgehead atoms. The fourth-order valence-corrected chi connectivity index (χ4v) is 1.24. The summed E-state index contributed by atoms with van der Waals surface area (Å²) in [6.07, 6.45) is 1.44. The summed E-state index contributed by atoms with van der Waals surface area (Å²) in [5, 5.41) is 0. The van der Waals surface area contributed by atoms with Gasteiger partial charge in [-0.15, -0.1) is 0 Å². The van der Waals surface area contributed by atoms with E-state index in [2.05, 4.69) is 4.98 Å². The summed E-state index contributed by atoms with van der Waals surface area (Å²) < 4.78 is 15.5. The predicted molar refractivity (Wildman–Crippen MR) is 62.5 cm³/mol. The molecule has 0 saturated heterocycles. The van der Waals surface area contributed by atoms with Crippen molar-refractivity contribution >= 4 is 5.97 Å². The van der Waals surface area contributed by atoms with Crippen LogP contribution in [0, 0.1) is 0 Å². The van der Waals surface area contributed by atoms with Crippen molar-refractivity contribution in [3.8, 4) is 11.5 Å². The zero-order chi connectivity index (χ0) is 12.8. The monoisotopic (exact) mass is 239 g/mol. The summed E-state index contributed by atoms with van der Waals surface area (Å²) >= 11 is 0. The molecule has 94 valence electrons. The Morgan fingerprint density at radius 1 is 1.41 bits per heavy atom. The van der Waals surface area contributed by atoms with Crippen LogP contribution in [0.2, 0.25) is 0 Å². The Morgan fingerprint density at radius 3 is 2.65 bits per heavy atom. The number of hydrogen-bond acceptors (Lipinski definition) is 5. The molecular formula is C12H17NO4. The van der Waals surface area contributed by atoms with Gasteiger partial charge in [0.05, 0.1) is 26.0 Å². The highest BCUT2D eigenvalue weighted by Crippen LogP contribution is 2.27. The maximum absolute atomic E-state index is 11.5. The molecule has 1 aromatic rings. The van der Waals surface area contributed by atoms with E-state index in [9.17, 15) is 4.79 Å². The van der Waals surface area contributed by atoms with Gasteiger partial charge in [0.2, 0.25) is 0 Å². The Balaban J connectivity index is 2.99. The minimum atomic E-state index is -0.469. The van der Waals surface area contributed by atoms with E-state index in [1.165, 1.54) is 19.4 Å². The molecule has 0 aliphatic heterocycles. The first-order valence-electron chi connectivity index (χ1n) is 5.46. The average Bonchev–Trinajstić information content (AvgIpc) is 2.28. The molecule has 1 rings (SSSR count). The number of ether oxygens (including phenoxy) is 3. The molecule has 1 heterocycles. The van der Waals surface area contributed by atoms with Crippen LogP contribution in [-0.2, 0) is 4.74 Å². The highest BCUT2D eigenvalue weighted by molar-refractivity contribution is 5.87. The summed E-state index contributed by atoms with van der Waals surface area (Å²) in [5.74, 6) is 0.510. The number of carbonyl (C=O) groups is 1. The summed E-state index contributed by atoms with van der Waals surface area (Å²) in [5.41, 5.74) is 0.211. The maximum Gasteiger partial charge on any atom is 0.357 e. The molecule has 0 aliphatic rings. The molecule has 1 aromatic heterocycles. The van der Waals surface area contributed by atoms with E-state index in [1.807, 2.05) is 13.8 Å². The second-order valence-electron chi connectivity index (χ2n) is 3.61. The van der Waals surface area contributed by atoms with E-state index in [4.69, 9.17) is 14.2 Å². The third-order valence-electron chi connectivity index (χ3n) is 1.90. The largest absolute Gasteiger partial charge is 0.491 e. The van der Waals surface area contributed by atoms with Gasteiger partial charge in [0, 0.05) is 6.07 Å². The van der Waals surface area contributed by atoms with Gasteiger partial charge in [0.1, 0.15) is 0 Å². The molecule has 0 N–H and O–H groups in total. The quantitative estimate of drug-likeness (QED) is 0.736. The molecule has 17 heavy (non-hydrogen) atoms. The highest BCUT2D eigenvalue weighted by Gasteiger charge is 2.14. The second kappa shape index (κ2) is 6.08. The molecule has 0 unspecified atom stereocenters. The van der Waals surface area contributed by atoms with Gasteiger partial charge < -0.3 is 14.2 Å². The van der Waals surface area contributed by atoms with Crippen molar-refractivity contribution in [2.45, 2.75) is 26.9 Å². The lowest BCUT2D eigenvalue weighted by Gasteiger charge is -2.13. The van der Waals surface area contributed by atoms with Gasteiger partial charge in [-0.1, -0.05) is 0 Å². The number of aromatic nitrogens is 1. The topological polar surface area (TPSA) is 57.7 Å². The lowest BCUT2D eigenvalue weighted by atomic mass is 10.3. The fourth-order valence-electron chi connectivity index (χ4n) is 1.24. The molecule has 5 nitrogen and oxygen atoms in total. The third-order valence-corrected chi connectivity index (χ3v) is 1.90. The highest BCUT2D eigenvalue weighted by atomic mass is 16.5. The summed E-state index contributed by atoms with van der Waals surface area (Å²) in [4.78, 5) is 15.5. The van der Waals surface area contributed by atoms with E-state index in [1.54, 1.807) is 6.92 Å². The Hall–Kier alpha value is -1.78. The van der Waals surface area contributed by atoms with Crippen LogP contribution in [0.15, 0.2) is 12.3 Å². The van der Waals surface area contributed by atoms with Crippen molar-refractivity contribution < 1.29 is 19.0 Å².